The lowest BCUT2D eigenvalue weighted by Crippen LogP contribution is -2.11. The van der Waals surface area contributed by atoms with Crippen LogP contribution in [0.2, 0.25) is 0 Å². The molecule has 1 rings (SSSR count). The van der Waals surface area contributed by atoms with Crippen LogP contribution < -0.4 is 11.1 Å². The predicted molar refractivity (Wildman–Crippen MR) is 53.7 cm³/mol. The summed E-state index contributed by atoms with van der Waals surface area (Å²) in [6.07, 6.45) is 2.55. The number of nitrogens with zero attached hydrogens (tertiary/aromatic N) is 2. The van der Waals surface area contributed by atoms with E-state index in [9.17, 15) is 0 Å². The Balaban J connectivity index is 2.64. The largest absolute Gasteiger partial charge is 0.382 e. The maximum Gasteiger partial charge on any atom is 0.116 e. The summed E-state index contributed by atoms with van der Waals surface area (Å²) in [5.41, 5.74) is 8.42. The highest BCUT2D eigenvalue weighted by Crippen LogP contribution is 2.14. The van der Waals surface area contributed by atoms with E-state index in [1.54, 1.807) is 6.33 Å². The number of anilines is 1. The van der Waals surface area contributed by atoms with Crippen molar-refractivity contribution in [2.75, 3.05) is 18.4 Å². The van der Waals surface area contributed by atoms with Crippen molar-refractivity contribution in [3.8, 4) is 0 Å². The second kappa shape index (κ2) is 4.77. The minimum atomic E-state index is 0.707. The van der Waals surface area contributed by atoms with E-state index in [1.807, 2.05) is 13.8 Å². The van der Waals surface area contributed by atoms with Gasteiger partial charge in [0.2, 0.25) is 0 Å². The van der Waals surface area contributed by atoms with Crippen LogP contribution in [0.15, 0.2) is 6.33 Å². The molecule has 1 heterocycles. The molecule has 0 bridgehead atoms. The van der Waals surface area contributed by atoms with E-state index >= 15 is 0 Å². The molecule has 4 nitrogen and oxygen atoms in total. The van der Waals surface area contributed by atoms with Gasteiger partial charge in [0, 0.05) is 6.54 Å². The molecule has 0 saturated carbocycles. The van der Waals surface area contributed by atoms with Crippen LogP contribution >= 0.6 is 0 Å². The lowest BCUT2D eigenvalue weighted by Gasteiger charge is -2.09. The SMILES string of the molecule is Cc1ncnc(C)c1NCCCN. The van der Waals surface area contributed by atoms with Crippen LogP contribution in [0.5, 0.6) is 0 Å². The van der Waals surface area contributed by atoms with Crippen LogP contribution in [0.1, 0.15) is 17.8 Å². The monoisotopic (exact) mass is 180 g/mol. The Labute approximate surface area is 78.6 Å². The Bertz CT molecular complexity index is 252. The summed E-state index contributed by atoms with van der Waals surface area (Å²) in [5.74, 6) is 0. The van der Waals surface area contributed by atoms with E-state index in [1.165, 1.54) is 0 Å². The van der Waals surface area contributed by atoms with Gasteiger partial charge >= 0.3 is 0 Å². The number of nitrogens with one attached hydrogen (secondary N) is 1. The second-order valence-corrected chi connectivity index (χ2v) is 2.99. The molecule has 0 atom stereocenters. The molecule has 0 aromatic carbocycles. The van der Waals surface area contributed by atoms with E-state index in [2.05, 4.69) is 15.3 Å². The lowest BCUT2D eigenvalue weighted by molar-refractivity contribution is 0.868. The first-order valence-corrected chi connectivity index (χ1v) is 4.48. The number of nitrogens with two attached hydrogens (primary N) is 1. The lowest BCUT2D eigenvalue weighted by atomic mass is 10.3. The van der Waals surface area contributed by atoms with Crippen molar-refractivity contribution in [2.45, 2.75) is 20.3 Å². The normalized spacial score (nSPS) is 10.1. The predicted octanol–water partition coefficient (Wildman–Crippen LogP) is 0.854. The van der Waals surface area contributed by atoms with Gasteiger partial charge in [-0.15, -0.1) is 0 Å². The molecule has 0 aliphatic carbocycles. The standard InChI is InChI=1S/C9H16N4/c1-7-9(11-5-3-4-10)8(2)13-6-12-7/h6,11H,3-5,10H2,1-2H3. The molecular weight excluding hydrogens is 164 g/mol. The van der Waals surface area contributed by atoms with Gasteiger partial charge < -0.3 is 11.1 Å². The van der Waals surface area contributed by atoms with Gasteiger partial charge in [-0.05, 0) is 26.8 Å². The Morgan fingerprint density at radius 2 is 1.92 bits per heavy atom. The molecule has 0 spiro atoms. The average molecular weight is 180 g/mol. The summed E-state index contributed by atoms with van der Waals surface area (Å²) < 4.78 is 0. The molecule has 4 heteroatoms. The summed E-state index contributed by atoms with van der Waals surface area (Å²) in [6.45, 7) is 5.53. The van der Waals surface area contributed by atoms with Crippen molar-refractivity contribution in [3.05, 3.63) is 17.7 Å². The Kier molecular flexibility index (Phi) is 3.64. The molecule has 0 aliphatic heterocycles. The van der Waals surface area contributed by atoms with Gasteiger partial charge in [0.25, 0.3) is 0 Å². The minimum Gasteiger partial charge on any atom is -0.382 e. The number of hydrogen-bond donors (Lipinski definition) is 2. The fourth-order valence-electron chi connectivity index (χ4n) is 1.16. The van der Waals surface area contributed by atoms with Crippen molar-refractivity contribution >= 4 is 5.69 Å². The van der Waals surface area contributed by atoms with Crippen molar-refractivity contribution in [1.82, 2.24) is 9.97 Å². The van der Waals surface area contributed by atoms with Crippen LogP contribution in [0.3, 0.4) is 0 Å². The molecule has 0 amide bonds. The number of aryl methyl sites for hydroxylation is 2. The number of aromatic nitrogens is 2. The zero-order chi connectivity index (χ0) is 9.68. The van der Waals surface area contributed by atoms with Gasteiger partial charge in [0.1, 0.15) is 6.33 Å². The topological polar surface area (TPSA) is 63.8 Å². The van der Waals surface area contributed by atoms with E-state index in [4.69, 9.17) is 5.73 Å². The zero-order valence-corrected chi connectivity index (χ0v) is 8.17. The highest BCUT2D eigenvalue weighted by atomic mass is 15.0. The van der Waals surface area contributed by atoms with Crippen LogP contribution in [0.25, 0.3) is 0 Å². The second-order valence-electron chi connectivity index (χ2n) is 2.99. The van der Waals surface area contributed by atoms with Gasteiger partial charge in [-0.1, -0.05) is 0 Å². The van der Waals surface area contributed by atoms with Crippen LogP contribution in [-0.4, -0.2) is 23.1 Å². The van der Waals surface area contributed by atoms with E-state index < -0.39 is 0 Å². The van der Waals surface area contributed by atoms with E-state index in [-0.39, 0.29) is 0 Å². The third-order valence-electron chi connectivity index (χ3n) is 1.91. The summed E-state index contributed by atoms with van der Waals surface area (Å²) in [6, 6.07) is 0. The van der Waals surface area contributed by atoms with Crippen molar-refractivity contribution in [2.24, 2.45) is 5.73 Å². The van der Waals surface area contributed by atoms with Gasteiger partial charge in [0.05, 0.1) is 17.1 Å². The Morgan fingerprint density at radius 3 is 2.46 bits per heavy atom. The molecule has 0 radical (unpaired) electrons. The highest BCUT2D eigenvalue weighted by Gasteiger charge is 2.02. The molecule has 0 saturated heterocycles. The van der Waals surface area contributed by atoms with Gasteiger partial charge in [-0.3, -0.25) is 0 Å². The first-order chi connectivity index (χ1) is 6.25. The van der Waals surface area contributed by atoms with Crippen LogP contribution in [0.4, 0.5) is 5.69 Å². The minimum absolute atomic E-state index is 0.707. The summed E-state index contributed by atoms with van der Waals surface area (Å²) in [7, 11) is 0. The quantitative estimate of drug-likeness (QED) is 0.674. The number of rotatable bonds is 4. The Hall–Kier alpha value is -1.16. The fourth-order valence-corrected chi connectivity index (χ4v) is 1.16. The maximum absolute atomic E-state index is 5.40. The van der Waals surface area contributed by atoms with Crippen LogP contribution in [-0.2, 0) is 0 Å². The maximum atomic E-state index is 5.40. The molecule has 3 N–H and O–H groups in total. The van der Waals surface area contributed by atoms with Gasteiger partial charge in [-0.25, -0.2) is 9.97 Å². The summed E-state index contributed by atoms with van der Waals surface area (Å²) in [5, 5.41) is 3.28. The molecule has 1 aromatic heterocycles. The van der Waals surface area contributed by atoms with Crippen LogP contribution in [0, 0.1) is 13.8 Å². The molecule has 0 unspecified atom stereocenters. The third kappa shape index (κ3) is 2.66. The fraction of sp³-hybridized carbons (Fsp3) is 0.556. The number of hydrogen-bond acceptors (Lipinski definition) is 4. The molecule has 72 valence electrons. The first kappa shape index (κ1) is 9.92. The third-order valence-corrected chi connectivity index (χ3v) is 1.91. The smallest absolute Gasteiger partial charge is 0.116 e. The first-order valence-electron chi connectivity index (χ1n) is 4.48. The molecule has 1 aromatic rings. The summed E-state index contributed by atoms with van der Waals surface area (Å²) >= 11 is 0. The van der Waals surface area contributed by atoms with Crippen molar-refractivity contribution in [3.63, 3.8) is 0 Å². The summed E-state index contributed by atoms with van der Waals surface area (Å²) in [4.78, 5) is 8.23. The van der Waals surface area contributed by atoms with Gasteiger partial charge in [0.15, 0.2) is 0 Å². The van der Waals surface area contributed by atoms with E-state index in [0.717, 1.165) is 30.0 Å². The van der Waals surface area contributed by atoms with Crippen molar-refractivity contribution < 1.29 is 0 Å². The van der Waals surface area contributed by atoms with Crippen molar-refractivity contribution in [1.29, 1.82) is 0 Å². The van der Waals surface area contributed by atoms with Gasteiger partial charge in [-0.2, -0.15) is 0 Å². The average Bonchev–Trinajstić information content (AvgIpc) is 2.10. The molecule has 0 fully saturated rings. The highest BCUT2D eigenvalue weighted by molar-refractivity contribution is 5.50. The Morgan fingerprint density at radius 1 is 1.31 bits per heavy atom. The zero-order valence-electron chi connectivity index (χ0n) is 8.17. The molecule has 13 heavy (non-hydrogen) atoms. The molecule has 0 aliphatic rings. The van der Waals surface area contributed by atoms with E-state index in [0.29, 0.717) is 6.54 Å². The molecular formula is C9H16N4.